The molecule has 0 bridgehead atoms. The minimum Gasteiger partial charge on any atom is -0.491 e. The molecule has 3 rings (SSSR count). The molecule has 2 aromatic carbocycles. The number of carbonyl (C=O) groups excluding carboxylic acids is 2. The minimum atomic E-state index is -0.402. The van der Waals surface area contributed by atoms with Gasteiger partial charge in [-0.1, -0.05) is 6.92 Å². The Labute approximate surface area is 190 Å². The second kappa shape index (κ2) is 11.0. The lowest BCUT2D eigenvalue weighted by atomic mass is 10.1. The van der Waals surface area contributed by atoms with Gasteiger partial charge in [-0.15, -0.1) is 0 Å². The van der Waals surface area contributed by atoms with Crippen molar-refractivity contribution in [1.29, 1.82) is 0 Å². The molecule has 0 atom stereocenters. The quantitative estimate of drug-likeness (QED) is 0.626. The van der Waals surface area contributed by atoms with Crippen molar-refractivity contribution in [3.63, 3.8) is 0 Å². The number of esters is 1. The second-order valence-electron chi connectivity index (χ2n) is 8.02. The van der Waals surface area contributed by atoms with Crippen LogP contribution in [0.2, 0.25) is 0 Å². The Morgan fingerprint density at radius 3 is 2.22 bits per heavy atom. The van der Waals surface area contributed by atoms with E-state index in [4.69, 9.17) is 9.47 Å². The highest BCUT2D eigenvalue weighted by atomic mass is 16.5. The molecule has 1 saturated heterocycles. The van der Waals surface area contributed by atoms with Crippen LogP contribution in [0, 0.1) is 0 Å². The van der Waals surface area contributed by atoms with Gasteiger partial charge in [0.2, 0.25) is 0 Å². The Bertz CT molecular complexity index is 919. The lowest BCUT2D eigenvalue weighted by Crippen LogP contribution is -2.46. The van der Waals surface area contributed by atoms with E-state index < -0.39 is 5.97 Å². The van der Waals surface area contributed by atoms with Gasteiger partial charge in [-0.25, -0.2) is 4.79 Å². The molecule has 1 N–H and O–H groups in total. The maximum absolute atomic E-state index is 13.0. The summed E-state index contributed by atoms with van der Waals surface area (Å²) in [5, 5.41) is 3.00. The summed E-state index contributed by atoms with van der Waals surface area (Å²) in [7, 11) is 0. The van der Waals surface area contributed by atoms with E-state index >= 15 is 0 Å². The van der Waals surface area contributed by atoms with E-state index in [1.54, 1.807) is 43.3 Å². The molecule has 0 spiro atoms. The molecule has 1 fully saturated rings. The number of hydrogen-bond acceptors (Lipinski definition) is 6. The summed E-state index contributed by atoms with van der Waals surface area (Å²) < 4.78 is 10.8. The number of carbonyl (C=O) groups is 2. The molecule has 1 heterocycles. The largest absolute Gasteiger partial charge is 0.491 e. The van der Waals surface area contributed by atoms with E-state index in [9.17, 15) is 9.59 Å². The fourth-order valence-corrected chi connectivity index (χ4v) is 3.71. The summed E-state index contributed by atoms with van der Waals surface area (Å²) in [4.78, 5) is 29.9. The number of anilines is 2. The van der Waals surface area contributed by atoms with E-state index in [2.05, 4.69) is 22.0 Å². The summed E-state index contributed by atoms with van der Waals surface area (Å²) in [6.45, 7) is 12.8. The molecule has 7 nitrogen and oxygen atoms in total. The number of hydrogen-bond donors (Lipinski definition) is 1. The summed E-state index contributed by atoms with van der Waals surface area (Å²) in [6.07, 6.45) is 0.0658. The Morgan fingerprint density at radius 2 is 1.62 bits per heavy atom. The SMILES string of the molecule is CCOC(=O)c1ccc(N2CCN(CC)CC2)c(NC(=O)c2ccc(OC(C)C)cc2)c1. The minimum absolute atomic E-state index is 0.0658. The number of nitrogens with one attached hydrogen (secondary N) is 1. The van der Waals surface area contributed by atoms with Crippen molar-refractivity contribution < 1.29 is 19.1 Å². The molecule has 0 radical (unpaired) electrons. The molecule has 1 amide bonds. The van der Waals surface area contributed by atoms with E-state index in [1.165, 1.54) is 0 Å². The maximum atomic E-state index is 13.0. The Hall–Kier alpha value is -3.06. The standard InChI is InChI=1S/C25H33N3O4/c1-5-27-13-15-28(16-14-27)23-12-9-20(25(30)31-6-2)17-22(23)26-24(29)19-7-10-21(11-8-19)32-18(3)4/h7-12,17-18H,5-6,13-16H2,1-4H3,(H,26,29). The van der Waals surface area contributed by atoms with Gasteiger partial charge in [0.15, 0.2) is 0 Å². The average molecular weight is 440 g/mol. The highest BCUT2D eigenvalue weighted by Gasteiger charge is 2.21. The first-order valence-electron chi connectivity index (χ1n) is 11.3. The van der Waals surface area contributed by atoms with Crippen LogP contribution in [0.15, 0.2) is 42.5 Å². The molecule has 0 aromatic heterocycles. The third kappa shape index (κ3) is 6.01. The molecule has 1 aliphatic rings. The average Bonchev–Trinajstić information content (AvgIpc) is 2.79. The first-order valence-corrected chi connectivity index (χ1v) is 11.3. The smallest absolute Gasteiger partial charge is 0.338 e. The fraction of sp³-hybridized carbons (Fsp3) is 0.440. The predicted molar refractivity (Wildman–Crippen MR) is 127 cm³/mol. The van der Waals surface area contributed by atoms with E-state index in [0.29, 0.717) is 23.4 Å². The molecular weight excluding hydrogens is 406 g/mol. The number of rotatable bonds is 8. The van der Waals surface area contributed by atoms with Crippen molar-refractivity contribution in [2.45, 2.75) is 33.8 Å². The van der Waals surface area contributed by atoms with Crippen LogP contribution in [0.25, 0.3) is 0 Å². The van der Waals surface area contributed by atoms with Crippen molar-refractivity contribution >= 4 is 23.3 Å². The molecule has 172 valence electrons. The zero-order valence-corrected chi connectivity index (χ0v) is 19.4. The van der Waals surface area contributed by atoms with Crippen LogP contribution in [-0.4, -0.2) is 62.2 Å². The van der Waals surface area contributed by atoms with Crippen LogP contribution < -0.4 is 15.0 Å². The van der Waals surface area contributed by atoms with Crippen LogP contribution in [-0.2, 0) is 4.74 Å². The summed E-state index contributed by atoms with van der Waals surface area (Å²) >= 11 is 0. The predicted octanol–water partition coefficient (Wildman–Crippen LogP) is 4.04. The van der Waals surface area contributed by atoms with Crippen LogP contribution in [0.1, 0.15) is 48.4 Å². The molecule has 0 unspecified atom stereocenters. The first-order chi connectivity index (χ1) is 15.4. The molecule has 1 aliphatic heterocycles. The van der Waals surface area contributed by atoms with Gasteiger partial charge in [-0.2, -0.15) is 0 Å². The second-order valence-corrected chi connectivity index (χ2v) is 8.02. The number of benzene rings is 2. The number of amides is 1. The summed E-state index contributed by atoms with van der Waals surface area (Å²) in [5.41, 5.74) is 2.44. The van der Waals surface area contributed by atoms with Crippen LogP contribution in [0.3, 0.4) is 0 Å². The van der Waals surface area contributed by atoms with E-state index in [1.807, 2.05) is 19.9 Å². The molecule has 7 heteroatoms. The lowest BCUT2D eigenvalue weighted by Gasteiger charge is -2.36. The number of likely N-dealkylation sites (N-methyl/N-ethyl adjacent to an activating group) is 1. The monoisotopic (exact) mass is 439 g/mol. The Balaban J connectivity index is 1.83. The van der Waals surface area contributed by atoms with Crippen molar-refractivity contribution in [2.75, 3.05) is 49.5 Å². The van der Waals surface area contributed by atoms with E-state index in [-0.39, 0.29) is 12.0 Å². The molecule has 0 saturated carbocycles. The van der Waals surface area contributed by atoms with Gasteiger partial charge in [0.05, 0.1) is 29.6 Å². The van der Waals surface area contributed by atoms with Crippen molar-refractivity contribution in [3.8, 4) is 5.75 Å². The molecular formula is C25H33N3O4. The van der Waals surface area contributed by atoms with Gasteiger partial charge in [0.1, 0.15) is 5.75 Å². The summed E-state index contributed by atoms with van der Waals surface area (Å²) in [5.74, 6) is 0.0754. The van der Waals surface area contributed by atoms with Crippen LogP contribution in [0.5, 0.6) is 5.75 Å². The highest BCUT2D eigenvalue weighted by molar-refractivity contribution is 6.07. The van der Waals surface area contributed by atoms with Gasteiger partial charge in [0.25, 0.3) is 5.91 Å². The molecule has 2 aromatic rings. The first kappa shape index (κ1) is 23.6. The van der Waals surface area contributed by atoms with Gasteiger partial charge in [-0.05, 0) is 69.8 Å². The Kier molecular flexibility index (Phi) is 8.11. The number of nitrogens with zero attached hydrogens (tertiary/aromatic N) is 2. The molecule has 32 heavy (non-hydrogen) atoms. The third-order valence-electron chi connectivity index (χ3n) is 5.40. The van der Waals surface area contributed by atoms with Crippen LogP contribution >= 0.6 is 0 Å². The lowest BCUT2D eigenvalue weighted by molar-refractivity contribution is 0.0526. The Morgan fingerprint density at radius 1 is 0.969 bits per heavy atom. The van der Waals surface area contributed by atoms with Gasteiger partial charge < -0.3 is 24.6 Å². The third-order valence-corrected chi connectivity index (χ3v) is 5.40. The number of ether oxygens (including phenoxy) is 2. The van der Waals surface area contributed by atoms with E-state index in [0.717, 1.165) is 44.2 Å². The van der Waals surface area contributed by atoms with Crippen molar-refractivity contribution in [2.24, 2.45) is 0 Å². The van der Waals surface area contributed by atoms with Gasteiger partial charge in [-0.3, -0.25) is 4.79 Å². The zero-order valence-electron chi connectivity index (χ0n) is 19.4. The maximum Gasteiger partial charge on any atom is 0.338 e. The molecule has 0 aliphatic carbocycles. The topological polar surface area (TPSA) is 71.1 Å². The normalized spacial score (nSPS) is 14.3. The summed E-state index contributed by atoms with van der Waals surface area (Å²) in [6, 6.07) is 12.4. The van der Waals surface area contributed by atoms with Gasteiger partial charge in [0, 0.05) is 31.7 Å². The van der Waals surface area contributed by atoms with Crippen molar-refractivity contribution in [3.05, 3.63) is 53.6 Å². The van der Waals surface area contributed by atoms with Crippen LogP contribution in [0.4, 0.5) is 11.4 Å². The van der Waals surface area contributed by atoms with Crippen molar-refractivity contribution in [1.82, 2.24) is 4.90 Å². The fourth-order valence-electron chi connectivity index (χ4n) is 3.71. The van der Waals surface area contributed by atoms with Gasteiger partial charge >= 0.3 is 5.97 Å². The highest BCUT2D eigenvalue weighted by Crippen LogP contribution is 2.29. The number of piperazine rings is 1. The zero-order chi connectivity index (χ0) is 23.1.